The second-order valence-electron chi connectivity index (χ2n) is 6.71. The van der Waals surface area contributed by atoms with Crippen molar-refractivity contribution in [1.29, 1.82) is 0 Å². The number of Topliss-reactive ketones (excluding diaryl/α,β-unsaturated/α-hetero) is 1. The molecule has 1 fully saturated rings. The predicted molar refractivity (Wildman–Crippen MR) is 108 cm³/mol. The highest BCUT2D eigenvalue weighted by atomic mass is 35.5. The molecule has 1 heterocycles. The van der Waals surface area contributed by atoms with E-state index in [4.69, 9.17) is 11.6 Å². The number of rotatable bonds is 6. The van der Waals surface area contributed by atoms with E-state index >= 15 is 0 Å². The number of hydrogen-bond donors (Lipinski definition) is 2. The van der Waals surface area contributed by atoms with Crippen molar-refractivity contribution in [3.8, 4) is 0 Å². The number of anilines is 1. The Balaban J connectivity index is 1.58. The van der Waals surface area contributed by atoms with Crippen LogP contribution in [0.15, 0.2) is 48.5 Å². The number of hydrogen-bond acceptors (Lipinski definition) is 4. The molecule has 5 nitrogen and oxygen atoms in total. The van der Waals surface area contributed by atoms with E-state index in [1.807, 2.05) is 24.3 Å². The third-order valence-corrected chi connectivity index (χ3v) is 5.16. The largest absolute Gasteiger partial charge is 0.326 e. The molecule has 0 spiro atoms. The smallest absolute Gasteiger partial charge is 0.225 e. The summed E-state index contributed by atoms with van der Waals surface area (Å²) < 4.78 is 0. The summed E-state index contributed by atoms with van der Waals surface area (Å²) in [4.78, 5) is 26.0. The van der Waals surface area contributed by atoms with E-state index in [2.05, 4.69) is 15.5 Å². The lowest BCUT2D eigenvalue weighted by atomic mass is 10.0. The van der Waals surface area contributed by atoms with Crippen LogP contribution in [0.4, 0.5) is 5.69 Å². The third kappa shape index (κ3) is 5.16. The first-order chi connectivity index (χ1) is 13.0. The zero-order chi connectivity index (χ0) is 19.2. The molecule has 6 heteroatoms. The van der Waals surface area contributed by atoms with Crippen LogP contribution in [-0.2, 0) is 4.79 Å². The highest BCUT2D eigenvalue weighted by molar-refractivity contribution is 6.31. The fourth-order valence-electron chi connectivity index (χ4n) is 3.32. The zero-order valence-electron chi connectivity index (χ0n) is 15.4. The van der Waals surface area contributed by atoms with Gasteiger partial charge in [0.25, 0.3) is 0 Å². The molecule has 1 saturated heterocycles. The van der Waals surface area contributed by atoms with Gasteiger partial charge in [0.1, 0.15) is 0 Å². The van der Waals surface area contributed by atoms with Crippen molar-refractivity contribution in [3.05, 3.63) is 64.7 Å². The van der Waals surface area contributed by atoms with Gasteiger partial charge in [0, 0.05) is 54.9 Å². The number of halogens is 1. The average molecular weight is 386 g/mol. The molecule has 1 atom stereocenters. The van der Waals surface area contributed by atoms with Crippen molar-refractivity contribution in [3.63, 3.8) is 0 Å². The van der Waals surface area contributed by atoms with E-state index in [1.165, 1.54) is 6.92 Å². The van der Waals surface area contributed by atoms with Crippen LogP contribution < -0.4 is 10.6 Å². The van der Waals surface area contributed by atoms with Gasteiger partial charge in [-0.15, -0.1) is 0 Å². The first-order valence-electron chi connectivity index (χ1n) is 9.14. The minimum atomic E-state index is -0.0398. The summed E-state index contributed by atoms with van der Waals surface area (Å²) >= 11 is 6.37. The molecule has 1 amide bonds. The van der Waals surface area contributed by atoms with Crippen LogP contribution in [0.5, 0.6) is 0 Å². The van der Waals surface area contributed by atoms with Crippen LogP contribution in [-0.4, -0.2) is 42.8 Å². The second kappa shape index (κ2) is 9.13. The van der Waals surface area contributed by atoms with E-state index in [0.717, 1.165) is 30.2 Å². The van der Waals surface area contributed by atoms with Crippen molar-refractivity contribution in [2.45, 2.75) is 19.4 Å². The number of benzene rings is 2. The minimum absolute atomic E-state index is 0.0113. The van der Waals surface area contributed by atoms with Gasteiger partial charge in [0.2, 0.25) is 5.91 Å². The lowest BCUT2D eigenvalue weighted by molar-refractivity contribution is -0.116. The Morgan fingerprint density at radius 1 is 1.19 bits per heavy atom. The molecule has 0 aromatic heterocycles. The summed E-state index contributed by atoms with van der Waals surface area (Å²) in [7, 11) is 0. The Bertz CT molecular complexity index is 807. The lowest BCUT2D eigenvalue weighted by Gasteiger charge is -2.36. The molecule has 0 bridgehead atoms. The number of carbonyl (C=O) groups excluding carboxylic acids is 2. The van der Waals surface area contributed by atoms with Crippen LogP contribution in [0.1, 0.15) is 35.3 Å². The molecule has 142 valence electrons. The first-order valence-corrected chi connectivity index (χ1v) is 9.52. The van der Waals surface area contributed by atoms with Crippen molar-refractivity contribution < 1.29 is 9.59 Å². The van der Waals surface area contributed by atoms with E-state index in [0.29, 0.717) is 24.2 Å². The van der Waals surface area contributed by atoms with Gasteiger partial charge in [0.15, 0.2) is 5.78 Å². The quantitative estimate of drug-likeness (QED) is 0.747. The molecule has 2 N–H and O–H groups in total. The van der Waals surface area contributed by atoms with Crippen LogP contribution in [0.2, 0.25) is 5.02 Å². The Kier molecular flexibility index (Phi) is 6.61. The molecular weight excluding hydrogens is 362 g/mol. The molecule has 0 saturated carbocycles. The number of nitrogens with one attached hydrogen (secondary N) is 2. The van der Waals surface area contributed by atoms with Crippen molar-refractivity contribution in [2.75, 3.05) is 31.5 Å². The number of amides is 1. The normalized spacial score (nSPS) is 17.5. The van der Waals surface area contributed by atoms with Crippen LogP contribution >= 0.6 is 11.6 Å². The molecule has 1 unspecified atom stereocenters. The maximum atomic E-state index is 12.3. The van der Waals surface area contributed by atoms with Gasteiger partial charge in [0.05, 0.1) is 0 Å². The molecule has 0 aliphatic carbocycles. The number of carbonyl (C=O) groups is 2. The van der Waals surface area contributed by atoms with Crippen LogP contribution in [0, 0.1) is 0 Å². The van der Waals surface area contributed by atoms with Gasteiger partial charge in [-0.3, -0.25) is 14.5 Å². The molecule has 2 aromatic rings. The molecule has 2 aromatic carbocycles. The monoisotopic (exact) mass is 385 g/mol. The Labute approximate surface area is 164 Å². The summed E-state index contributed by atoms with van der Waals surface area (Å²) in [6.07, 6.45) is 0.398. The summed E-state index contributed by atoms with van der Waals surface area (Å²) in [6, 6.07) is 15.0. The van der Waals surface area contributed by atoms with Gasteiger partial charge < -0.3 is 10.6 Å². The molecule has 1 aliphatic rings. The van der Waals surface area contributed by atoms with Crippen LogP contribution in [0.25, 0.3) is 0 Å². The SMILES string of the molecule is CC(=O)c1ccc(NC(=O)CCN2CCNCC2c2ccccc2Cl)cc1. The predicted octanol–water partition coefficient (Wildman–Crippen LogP) is 3.52. The standard InChI is InChI=1S/C21H24ClN3O2/c1-15(26)16-6-8-17(9-7-16)24-21(27)10-12-25-13-11-23-14-20(25)18-4-2-3-5-19(18)22/h2-9,20,23H,10-14H2,1H3,(H,24,27). The van der Waals surface area contributed by atoms with Crippen molar-refractivity contribution in [1.82, 2.24) is 10.2 Å². The van der Waals surface area contributed by atoms with Gasteiger partial charge in [-0.2, -0.15) is 0 Å². The fraction of sp³-hybridized carbons (Fsp3) is 0.333. The molecule has 3 rings (SSSR count). The summed E-state index contributed by atoms with van der Waals surface area (Å²) in [6.45, 7) is 4.77. The highest BCUT2D eigenvalue weighted by Crippen LogP contribution is 2.28. The van der Waals surface area contributed by atoms with E-state index in [-0.39, 0.29) is 17.7 Å². The summed E-state index contributed by atoms with van der Waals surface area (Å²) in [5.74, 6) is -0.0285. The fourth-order valence-corrected chi connectivity index (χ4v) is 3.58. The molecule has 27 heavy (non-hydrogen) atoms. The molecule has 0 radical (unpaired) electrons. The molecule has 1 aliphatic heterocycles. The zero-order valence-corrected chi connectivity index (χ0v) is 16.1. The number of piperazine rings is 1. The number of ketones is 1. The van der Waals surface area contributed by atoms with Crippen molar-refractivity contribution in [2.24, 2.45) is 0 Å². The first kappa shape index (κ1) is 19.5. The summed E-state index contributed by atoms with van der Waals surface area (Å²) in [5, 5.41) is 7.05. The van der Waals surface area contributed by atoms with Gasteiger partial charge in [-0.05, 0) is 42.8 Å². The van der Waals surface area contributed by atoms with Gasteiger partial charge in [-0.1, -0.05) is 29.8 Å². The van der Waals surface area contributed by atoms with E-state index in [9.17, 15) is 9.59 Å². The minimum Gasteiger partial charge on any atom is -0.326 e. The van der Waals surface area contributed by atoms with Crippen molar-refractivity contribution >= 4 is 29.0 Å². The van der Waals surface area contributed by atoms with E-state index < -0.39 is 0 Å². The topological polar surface area (TPSA) is 61.4 Å². The summed E-state index contributed by atoms with van der Waals surface area (Å²) in [5.41, 5.74) is 2.43. The maximum Gasteiger partial charge on any atom is 0.225 e. The number of nitrogens with zero attached hydrogens (tertiary/aromatic N) is 1. The molecular formula is C21H24ClN3O2. The maximum absolute atomic E-state index is 12.3. The van der Waals surface area contributed by atoms with Crippen LogP contribution in [0.3, 0.4) is 0 Å². The second-order valence-corrected chi connectivity index (χ2v) is 7.12. The Morgan fingerprint density at radius 2 is 1.93 bits per heavy atom. The Hall–Kier alpha value is -2.21. The average Bonchev–Trinajstić information content (AvgIpc) is 2.67. The third-order valence-electron chi connectivity index (χ3n) is 4.82. The highest BCUT2D eigenvalue weighted by Gasteiger charge is 2.25. The van der Waals surface area contributed by atoms with Gasteiger partial charge in [-0.25, -0.2) is 0 Å². The Morgan fingerprint density at radius 3 is 2.63 bits per heavy atom. The lowest BCUT2D eigenvalue weighted by Crippen LogP contribution is -2.46. The van der Waals surface area contributed by atoms with Gasteiger partial charge >= 0.3 is 0 Å². The van der Waals surface area contributed by atoms with E-state index in [1.54, 1.807) is 24.3 Å².